The van der Waals surface area contributed by atoms with Crippen molar-refractivity contribution >= 4 is 23.5 Å². The molecule has 1 N–H and O–H groups in total. The molecule has 122 valence electrons. The Balaban J connectivity index is 1.74. The summed E-state index contributed by atoms with van der Waals surface area (Å²) in [6, 6.07) is 10.3. The summed E-state index contributed by atoms with van der Waals surface area (Å²) in [5, 5.41) is 3.08. The van der Waals surface area contributed by atoms with Gasteiger partial charge in [-0.3, -0.25) is 0 Å². The molecule has 1 aromatic carbocycles. The smallest absolute Gasteiger partial charge is 0.321 e. The zero-order valence-electron chi connectivity index (χ0n) is 13.7. The molecule has 2 amide bonds. The maximum Gasteiger partial charge on any atom is 0.321 e. The van der Waals surface area contributed by atoms with Crippen LogP contribution in [0.1, 0.15) is 18.4 Å². The highest BCUT2D eigenvalue weighted by Crippen LogP contribution is 2.24. The number of aromatic nitrogens is 1. The molecule has 4 nitrogen and oxygen atoms in total. The molecule has 0 bridgehead atoms. The summed E-state index contributed by atoms with van der Waals surface area (Å²) in [5.74, 6) is 2.29. The lowest BCUT2D eigenvalue weighted by atomic mass is 10.1. The number of benzene rings is 1. The molecule has 0 radical (unpaired) electrons. The summed E-state index contributed by atoms with van der Waals surface area (Å²) in [7, 11) is 1.90. The number of anilines is 1. The number of thioether (sulfide) groups is 1. The Labute approximate surface area is 141 Å². The van der Waals surface area contributed by atoms with Crippen molar-refractivity contribution in [3.8, 4) is 5.69 Å². The quantitative estimate of drug-likeness (QED) is 0.918. The largest absolute Gasteiger partial charge is 0.325 e. The minimum absolute atomic E-state index is 0.0188. The maximum absolute atomic E-state index is 12.6. The van der Waals surface area contributed by atoms with Crippen LogP contribution in [0.3, 0.4) is 0 Å². The summed E-state index contributed by atoms with van der Waals surface area (Å²) in [6.07, 6.45) is 6.19. The second kappa shape index (κ2) is 7.13. The molecule has 1 aliphatic rings. The molecular weight excluding hydrogens is 306 g/mol. The maximum atomic E-state index is 12.6. The first-order chi connectivity index (χ1) is 11.2. The third-order valence-electron chi connectivity index (χ3n) is 4.49. The highest BCUT2D eigenvalue weighted by molar-refractivity contribution is 7.99. The van der Waals surface area contributed by atoms with E-state index in [4.69, 9.17) is 0 Å². The SMILES string of the molecule is Cc1c(NC(=O)N(C)C2CCSCC2)cccc1-n1cccc1. The third-order valence-corrected chi connectivity index (χ3v) is 5.54. The number of hydrogen-bond donors (Lipinski definition) is 1. The van der Waals surface area contributed by atoms with Crippen molar-refractivity contribution in [3.05, 3.63) is 48.3 Å². The summed E-state index contributed by atoms with van der Waals surface area (Å²) in [5.41, 5.74) is 3.03. The third kappa shape index (κ3) is 3.55. The molecule has 1 aliphatic heterocycles. The van der Waals surface area contributed by atoms with Crippen molar-refractivity contribution in [1.29, 1.82) is 0 Å². The molecule has 3 rings (SSSR count). The topological polar surface area (TPSA) is 37.3 Å². The molecule has 23 heavy (non-hydrogen) atoms. The number of carbonyl (C=O) groups excluding carboxylic acids is 1. The van der Waals surface area contributed by atoms with Gasteiger partial charge in [0.25, 0.3) is 0 Å². The molecule has 1 saturated heterocycles. The van der Waals surface area contributed by atoms with Crippen molar-refractivity contribution in [1.82, 2.24) is 9.47 Å². The average molecular weight is 329 g/mol. The van der Waals surface area contributed by atoms with Crippen molar-refractivity contribution in [2.45, 2.75) is 25.8 Å². The molecule has 1 fully saturated rings. The van der Waals surface area contributed by atoms with E-state index in [-0.39, 0.29) is 6.03 Å². The minimum atomic E-state index is -0.0188. The van der Waals surface area contributed by atoms with Gasteiger partial charge in [0.15, 0.2) is 0 Å². The molecule has 2 heterocycles. The summed E-state index contributed by atoms with van der Waals surface area (Å²) in [4.78, 5) is 14.4. The average Bonchev–Trinajstić information content (AvgIpc) is 3.11. The number of nitrogens with zero attached hydrogens (tertiary/aromatic N) is 2. The van der Waals surface area contributed by atoms with Gasteiger partial charge in [0.2, 0.25) is 0 Å². The van der Waals surface area contributed by atoms with Crippen LogP contribution in [0.5, 0.6) is 0 Å². The minimum Gasteiger partial charge on any atom is -0.325 e. The number of urea groups is 1. The predicted octanol–water partition coefficient (Wildman–Crippen LogP) is 4.15. The molecule has 0 saturated carbocycles. The first kappa shape index (κ1) is 16.0. The number of hydrogen-bond acceptors (Lipinski definition) is 2. The second-order valence-corrected chi connectivity index (χ2v) is 7.15. The Morgan fingerprint density at radius 1 is 1.22 bits per heavy atom. The van der Waals surface area contributed by atoms with E-state index in [9.17, 15) is 4.79 Å². The molecule has 2 aromatic rings. The van der Waals surface area contributed by atoms with Crippen molar-refractivity contribution in [3.63, 3.8) is 0 Å². The zero-order valence-corrected chi connectivity index (χ0v) is 14.5. The van der Waals surface area contributed by atoms with Crippen LogP contribution in [0.25, 0.3) is 5.69 Å². The van der Waals surface area contributed by atoms with Gasteiger partial charge in [-0.2, -0.15) is 11.8 Å². The zero-order chi connectivity index (χ0) is 16.2. The van der Waals surface area contributed by atoms with Crippen LogP contribution in [-0.2, 0) is 0 Å². The Morgan fingerprint density at radius 2 is 1.91 bits per heavy atom. The van der Waals surface area contributed by atoms with Crippen LogP contribution in [-0.4, -0.2) is 40.1 Å². The van der Waals surface area contributed by atoms with Crippen LogP contribution >= 0.6 is 11.8 Å². The lowest BCUT2D eigenvalue weighted by Gasteiger charge is -2.31. The molecule has 0 unspecified atom stereocenters. The van der Waals surface area contributed by atoms with Gasteiger partial charge in [-0.15, -0.1) is 0 Å². The number of carbonyl (C=O) groups is 1. The molecular formula is C18H23N3OS. The van der Waals surface area contributed by atoms with Crippen LogP contribution in [0.2, 0.25) is 0 Å². The Kier molecular flexibility index (Phi) is 4.96. The Bertz CT molecular complexity index is 663. The van der Waals surface area contributed by atoms with E-state index in [1.807, 2.05) is 67.3 Å². The van der Waals surface area contributed by atoms with Crippen LogP contribution in [0, 0.1) is 6.92 Å². The number of rotatable bonds is 3. The standard InChI is InChI=1S/C18H23N3OS/c1-14-16(6-5-7-17(14)21-10-3-4-11-21)19-18(22)20(2)15-8-12-23-13-9-15/h3-7,10-11,15H,8-9,12-13H2,1-2H3,(H,19,22). The second-order valence-electron chi connectivity index (χ2n) is 5.92. The molecule has 1 aromatic heterocycles. The summed E-state index contributed by atoms with van der Waals surface area (Å²) >= 11 is 1.97. The van der Waals surface area contributed by atoms with Gasteiger partial charge in [0.05, 0.1) is 0 Å². The van der Waals surface area contributed by atoms with E-state index in [0.717, 1.165) is 41.3 Å². The summed E-state index contributed by atoms with van der Waals surface area (Å²) < 4.78 is 2.06. The van der Waals surface area contributed by atoms with Crippen molar-refractivity contribution < 1.29 is 4.79 Å². The van der Waals surface area contributed by atoms with Crippen molar-refractivity contribution in [2.24, 2.45) is 0 Å². The van der Waals surface area contributed by atoms with Crippen molar-refractivity contribution in [2.75, 3.05) is 23.9 Å². The number of nitrogens with one attached hydrogen (secondary N) is 1. The van der Waals surface area contributed by atoms with E-state index in [0.29, 0.717) is 6.04 Å². The first-order valence-electron chi connectivity index (χ1n) is 8.01. The van der Waals surface area contributed by atoms with E-state index in [1.54, 1.807) is 0 Å². The van der Waals surface area contributed by atoms with Gasteiger partial charge >= 0.3 is 6.03 Å². The highest BCUT2D eigenvalue weighted by Gasteiger charge is 2.22. The lowest BCUT2D eigenvalue weighted by Crippen LogP contribution is -2.41. The molecule has 0 aliphatic carbocycles. The van der Waals surface area contributed by atoms with E-state index in [1.165, 1.54) is 0 Å². The van der Waals surface area contributed by atoms with Gasteiger partial charge in [0.1, 0.15) is 0 Å². The molecule has 5 heteroatoms. The normalized spacial score (nSPS) is 15.4. The fraction of sp³-hybridized carbons (Fsp3) is 0.389. The van der Waals surface area contributed by atoms with Crippen LogP contribution < -0.4 is 5.32 Å². The van der Waals surface area contributed by atoms with Crippen LogP contribution in [0.15, 0.2) is 42.7 Å². The monoisotopic (exact) mass is 329 g/mol. The van der Waals surface area contributed by atoms with E-state index >= 15 is 0 Å². The van der Waals surface area contributed by atoms with E-state index in [2.05, 4.69) is 16.0 Å². The Hall–Kier alpha value is -1.88. The fourth-order valence-corrected chi connectivity index (χ4v) is 4.06. The predicted molar refractivity (Wildman–Crippen MR) is 97.6 cm³/mol. The Morgan fingerprint density at radius 3 is 2.61 bits per heavy atom. The van der Waals surface area contributed by atoms with E-state index < -0.39 is 0 Å². The summed E-state index contributed by atoms with van der Waals surface area (Å²) in [6.45, 7) is 2.04. The van der Waals surface area contributed by atoms with Crippen LogP contribution in [0.4, 0.5) is 10.5 Å². The molecule has 0 atom stereocenters. The number of amides is 2. The lowest BCUT2D eigenvalue weighted by molar-refractivity contribution is 0.200. The first-order valence-corrected chi connectivity index (χ1v) is 9.17. The fourth-order valence-electron chi connectivity index (χ4n) is 2.98. The highest BCUT2D eigenvalue weighted by atomic mass is 32.2. The van der Waals surface area contributed by atoms with Gasteiger partial charge in [-0.25, -0.2) is 4.79 Å². The van der Waals surface area contributed by atoms with Gasteiger partial charge in [0, 0.05) is 36.9 Å². The van der Waals surface area contributed by atoms with Gasteiger partial charge < -0.3 is 14.8 Å². The molecule has 0 spiro atoms. The van der Waals surface area contributed by atoms with Gasteiger partial charge in [-0.05, 0) is 61.1 Å². The van der Waals surface area contributed by atoms with Gasteiger partial charge in [-0.1, -0.05) is 6.07 Å².